The van der Waals surface area contributed by atoms with Gasteiger partial charge in [0.2, 0.25) is 0 Å². The van der Waals surface area contributed by atoms with Crippen molar-refractivity contribution in [3.63, 3.8) is 0 Å². The first kappa shape index (κ1) is 12.9. The van der Waals surface area contributed by atoms with Crippen molar-refractivity contribution in [2.24, 2.45) is 0 Å². The fraction of sp³-hybridized carbons (Fsp3) is 0.300. The van der Waals surface area contributed by atoms with Crippen molar-refractivity contribution in [2.75, 3.05) is 12.3 Å². The van der Waals surface area contributed by atoms with Crippen LogP contribution in [-0.2, 0) is 15.5 Å². The molecule has 0 saturated heterocycles. The molecule has 6 heteroatoms. The molecule has 16 heavy (non-hydrogen) atoms. The standard InChI is InChI=1S/C10H10BrF2NO2/c1-2-16-9(15)10(12,13)7-5-6(11)3-4-8(7)14/h3-5H,2,14H2,1H3. The average molecular weight is 294 g/mol. The molecule has 1 rings (SSSR count). The number of anilines is 1. The number of rotatable bonds is 3. The maximum absolute atomic E-state index is 13.6. The van der Waals surface area contributed by atoms with E-state index in [1.54, 1.807) is 0 Å². The van der Waals surface area contributed by atoms with Crippen molar-refractivity contribution >= 4 is 27.6 Å². The lowest BCUT2D eigenvalue weighted by Gasteiger charge is -2.16. The Morgan fingerprint density at radius 1 is 1.56 bits per heavy atom. The van der Waals surface area contributed by atoms with Gasteiger partial charge in [-0.05, 0) is 25.1 Å². The number of carbonyl (C=O) groups is 1. The molecule has 0 heterocycles. The van der Waals surface area contributed by atoms with Crippen LogP contribution in [0.2, 0.25) is 0 Å². The summed E-state index contributed by atoms with van der Waals surface area (Å²) in [4.78, 5) is 11.1. The van der Waals surface area contributed by atoms with Gasteiger partial charge in [0, 0.05) is 10.2 Å². The van der Waals surface area contributed by atoms with E-state index in [1.807, 2.05) is 0 Å². The van der Waals surface area contributed by atoms with E-state index in [2.05, 4.69) is 20.7 Å². The smallest absolute Gasteiger partial charge is 0.382 e. The summed E-state index contributed by atoms with van der Waals surface area (Å²) in [6.07, 6.45) is 0. The second kappa shape index (κ2) is 4.78. The number of halogens is 3. The first-order valence-corrected chi connectivity index (χ1v) is 5.29. The van der Waals surface area contributed by atoms with Crippen molar-refractivity contribution < 1.29 is 18.3 Å². The van der Waals surface area contributed by atoms with E-state index in [4.69, 9.17) is 5.73 Å². The second-order valence-electron chi connectivity index (χ2n) is 3.03. The van der Waals surface area contributed by atoms with Crippen molar-refractivity contribution in [3.05, 3.63) is 28.2 Å². The van der Waals surface area contributed by atoms with Crippen LogP contribution in [0.15, 0.2) is 22.7 Å². The Kier molecular flexibility index (Phi) is 3.85. The number of esters is 1. The fourth-order valence-electron chi connectivity index (χ4n) is 1.13. The summed E-state index contributed by atoms with van der Waals surface area (Å²) >= 11 is 3.04. The molecule has 1 aromatic carbocycles. The van der Waals surface area contributed by atoms with E-state index in [-0.39, 0.29) is 12.3 Å². The van der Waals surface area contributed by atoms with Gasteiger partial charge in [0.25, 0.3) is 0 Å². The second-order valence-corrected chi connectivity index (χ2v) is 3.94. The molecular formula is C10H10BrF2NO2. The number of hydrogen-bond acceptors (Lipinski definition) is 3. The number of ether oxygens (including phenoxy) is 1. The largest absolute Gasteiger partial charge is 0.461 e. The highest BCUT2D eigenvalue weighted by molar-refractivity contribution is 9.10. The fourth-order valence-corrected chi connectivity index (χ4v) is 1.49. The van der Waals surface area contributed by atoms with Gasteiger partial charge >= 0.3 is 11.9 Å². The van der Waals surface area contributed by atoms with Crippen LogP contribution in [0.1, 0.15) is 12.5 Å². The predicted molar refractivity (Wildman–Crippen MR) is 59.1 cm³/mol. The van der Waals surface area contributed by atoms with E-state index in [1.165, 1.54) is 19.1 Å². The molecule has 0 amide bonds. The quantitative estimate of drug-likeness (QED) is 0.689. The van der Waals surface area contributed by atoms with E-state index in [9.17, 15) is 13.6 Å². The summed E-state index contributed by atoms with van der Waals surface area (Å²) in [6.45, 7) is 1.35. The molecule has 0 radical (unpaired) electrons. The summed E-state index contributed by atoms with van der Waals surface area (Å²) in [5.74, 6) is -5.33. The van der Waals surface area contributed by atoms with Gasteiger partial charge < -0.3 is 10.5 Å². The van der Waals surface area contributed by atoms with Crippen molar-refractivity contribution in [2.45, 2.75) is 12.8 Å². The van der Waals surface area contributed by atoms with Crippen molar-refractivity contribution in [1.29, 1.82) is 0 Å². The minimum atomic E-state index is -3.73. The van der Waals surface area contributed by atoms with Crippen molar-refractivity contribution in [1.82, 2.24) is 0 Å². The van der Waals surface area contributed by atoms with Gasteiger partial charge in [0.05, 0.1) is 12.2 Å². The van der Waals surface area contributed by atoms with Crippen LogP contribution in [0.4, 0.5) is 14.5 Å². The zero-order valence-corrected chi connectivity index (χ0v) is 10.1. The maximum Gasteiger partial charge on any atom is 0.382 e. The summed E-state index contributed by atoms with van der Waals surface area (Å²) in [5.41, 5.74) is 4.69. The number of benzene rings is 1. The Bertz CT molecular complexity index is 410. The minimum absolute atomic E-state index is 0.109. The maximum atomic E-state index is 13.6. The van der Waals surface area contributed by atoms with Crippen molar-refractivity contribution in [3.8, 4) is 0 Å². The zero-order chi connectivity index (χ0) is 12.3. The van der Waals surface area contributed by atoms with Gasteiger partial charge in [-0.2, -0.15) is 8.78 Å². The van der Waals surface area contributed by atoms with E-state index < -0.39 is 17.5 Å². The lowest BCUT2D eigenvalue weighted by Crippen LogP contribution is -2.29. The minimum Gasteiger partial charge on any atom is -0.461 e. The van der Waals surface area contributed by atoms with Crippen LogP contribution in [0, 0.1) is 0 Å². The molecule has 3 nitrogen and oxygen atoms in total. The molecule has 0 aliphatic rings. The molecule has 0 saturated carbocycles. The SMILES string of the molecule is CCOC(=O)C(F)(F)c1cc(Br)ccc1N. The normalized spacial score (nSPS) is 11.2. The van der Waals surface area contributed by atoms with E-state index in [0.29, 0.717) is 4.47 Å². The van der Waals surface area contributed by atoms with Gasteiger partial charge in [0.1, 0.15) is 0 Å². The summed E-state index contributed by atoms with van der Waals surface area (Å²) in [5, 5.41) is 0. The Morgan fingerprint density at radius 3 is 2.75 bits per heavy atom. The molecule has 0 aliphatic heterocycles. The molecule has 1 aromatic rings. The zero-order valence-electron chi connectivity index (χ0n) is 8.47. The van der Waals surface area contributed by atoms with Crippen LogP contribution in [0.5, 0.6) is 0 Å². The van der Waals surface area contributed by atoms with Gasteiger partial charge in [-0.15, -0.1) is 0 Å². The predicted octanol–water partition coefficient (Wildman–Crippen LogP) is 2.69. The molecule has 0 atom stereocenters. The number of nitrogens with two attached hydrogens (primary N) is 1. The third kappa shape index (κ3) is 2.49. The summed E-state index contributed by atoms with van der Waals surface area (Å²) < 4.78 is 31.9. The number of hydrogen-bond donors (Lipinski definition) is 1. The Balaban J connectivity index is 3.15. The monoisotopic (exact) mass is 293 g/mol. The highest BCUT2D eigenvalue weighted by atomic mass is 79.9. The molecule has 2 N–H and O–H groups in total. The summed E-state index contributed by atoms with van der Waals surface area (Å²) in [6, 6.07) is 3.92. The number of nitrogen functional groups attached to an aromatic ring is 1. The van der Waals surface area contributed by atoms with Gasteiger partial charge in [0.15, 0.2) is 0 Å². The van der Waals surface area contributed by atoms with Crippen LogP contribution in [0.3, 0.4) is 0 Å². The first-order valence-electron chi connectivity index (χ1n) is 4.50. The highest BCUT2D eigenvalue weighted by Crippen LogP contribution is 2.35. The molecule has 0 bridgehead atoms. The molecule has 0 spiro atoms. The molecule has 0 unspecified atom stereocenters. The van der Waals surface area contributed by atoms with Crippen LogP contribution in [0.25, 0.3) is 0 Å². The highest BCUT2D eigenvalue weighted by Gasteiger charge is 2.44. The topological polar surface area (TPSA) is 52.3 Å². The van der Waals surface area contributed by atoms with Crippen LogP contribution >= 0.6 is 15.9 Å². The third-order valence-electron chi connectivity index (χ3n) is 1.89. The van der Waals surface area contributed by atoms with Gasteiger partial charge in [-0.1, -0.05) is 15.9 Å². The van der Waals surface area contributed by atoms with Gasteiger partial charge in [-0.3, -0.25) is 0 Å². The molecule has 0 aliphatic carbocycles. The molecular weight excluding hydrogens is 284 g/mol. The van der Waals surface area contributed by atoms with E-state index in [0.717, 1.165) is 6.07 Å². The molecule has 0 fully saturated rings. The Hall–Kier alpha value is -1.17. The Labute approximate surface area is 99.7 Å². The first-order chi connectivity index (χ1) is 7.39. The van der Waals surface area contributed by atoms with Gasteiger partial charge in [-0.25, -0.2) is 4.79 Å². The number of alkyl halides is 2. The lowest BCUT2D eigenvalue weighted by atomic mass is 10.1. The summed E-state index contributed by atoms with van der Waals surface area (Å²) in [7, 11) is 0. The lowest BCUT2D eigenvalue weighted by molar-refractivity contribution is -0.173. The molecule has 88 valence electrons. The molecule has 0 aromatic heterocycles. The van der Waals surface area contributed by atoms with Crippen LogP contribution in [-0.4, -0.2) is 12.6 Å². The number of carbonyl (C=O) groups excluding carboxylic acids is 1. The van der Waals surface area contributed by atoms with E-state index >= 15 is 0 Å². The third-order valence-corrected chi connectivity index (χ3v) is 2.38. The van der Waals surface area contributed by atoms with Crippen LogP contribution < -0.4 is 5.73 Å². The average Bonchev–Trinajstić information content (AvgIpc) is 2.22. The Morgan fingerprint density at radius 2 is 2.19 bits per heavy atom.